The molecule has 0 bridgehead atoms. The van der Waals surface area contributed by atoms with Gasteiger partial charge in [-0.1, -0.05) is 6.92 Å². The van der Waals surface area contributed by atoms with Crippen LogP contribution in [0.2, 0.25) is 0 Å². The summed E-state index contributed by atoms with van der Waals surface area (Å²) in [7, 11) is 0. The predicted octanol–water partition coefficient (Wildman–Crippen LogP) is 0.607. The van der Waals surface area contributed by atoms with Crippen molar-refractivity contribution in [3.63, 3.8) is 0 Å². The highest BCUT2D eigenvalue weighted by atomic mass is 16.2. The number of hydrogen-bond acceptors (Lipinski definition) is 2. The number of carbonyl (C=O) groups excluding carboxylic acids is 1. The van der Waals surface area contributed by atoms with Crippen LogP contribution in [-0.2, 0) is 4.79 Å². The summed E-state index contributed by atoms with van der Waals surface area (Å²) < 4.78 is 0. The maximum absolute atomic E-state index is 11.2. The molecule has 1 amide bonds. The predicted molar refractivity (Wildman–Crippen MR) is 49.0 cm³/mol. The van der Waals surface area contributed by atoms with Gasteiger partial charge < -0.3 is 10.2 Å². The van der Waals surface area contributed by atoms with Gasteiger partial charge in [-0.25, -0.2) is 0 Å². The minimum atomic E-state index is 0.213. The Morgan fingerprint density at radius 2 is 2.42 bits per heavy atom. The summed E-state index contributed by atoms with van der Waals surface area (Å²) in [5.41, 5.74) is 0. The van der Waals surface area contributed by atoms with Gasteiger partial charge in [0.2, 0.25) is 5.91 Å². The smallest absolute Gasteiger partial charge is 0.219 e. The fourth-order valence-corrected chi connectivity index (χ4v) is 1.74. The summed E-state index contributed by atoms with van der Waals surface area (Å²) in [6, 6.07) is 0.447. The summed E-state index contributed by atoms with van der Waals surface area (Å²) in [4.78, 5) is 13.2. The summed E-state index contributed by atoms with van der Waals surface area (Å²) in [5.74, 6) is 0.213. The topological polar surface area (TPSA) is 32.3 Å². The highest BCUT2D eigenvalue weighted by molar-refractivity contribution is 5.73. The zero-order valence-electron chi connectivity index (χ0n) is 7.97. The Labute approximate surface area is 74.1 Å². The van der Waals surface area contributed by atoms with Gasteiger partial charge in [0, 0.05) is 26.1 Å². The largest absolute Gasteiger partial charge is 0.339 e. The minimum absolute atomic E-state index is 0.213. The molecule has 0 spiro atoms. The van der Waals surface area contributed by atoms with Crippen molar-refractivity contribution in [2.45, 2.75) is 32.7 Å². The van der Waals surface area contributed by atoms with Crippen molar-refractivity contribution in [3.05, 3.63) is 0 Å². The minimum Gasteiger partial charge on any atom is -0.339 e. The average molecular weight is 170 g/mol. The van der Waals surface area contributed by atoms with E-state index in [0.29, 0.717) is 6.04 Å². The van der Waals surface area contributed by atoms with Crippen molar-refractivity contribution in [2.75, 3.05) is 19.6 Å². The standard InChI is InChI=1S/C9H18N2O/c1-3-6-11(8(2)12)9-4-5-10-7-9/h9-10H,3-7H2,1-2H3. The van der Waals surface area contributed by atoms with Crippen LogP contribution in [0.4, 0.5) is 0 Å². The van der Waals surface area contributed by atoms with Crippen molar-refractivity contribution in [2.24, 2.45) is 0 Å². The molecule has 1 unspecified atom stereocenters. The van der Waals surface area contributed by atoms with Crippen molar-refractivity contribution in [3.8, 4) is 0 Å². The molecule has 1 rings (SSSR count). The van der Waals surface area contributed by atoms with Gasteiger partial charge in [0.05, 0.1) is 0 Å². The fourth-order valence-electron chi connectivity index (χ4n) is 1.74. The van der Waals surface area contributed by atoms with Crippen LogP contribution < -0.4 is 5.32 Å². The molecule has 1 saturated heterocycles. The molecule has 0 radical (unpaired) electrons. The Bertz CT molecular complexity index is 153. The highest BCUT2D eigenvalue weighted by Gasteiger charge is 2.22. The Hall–Kier alpha value is -0.570. The summed E-state index contributed by atoms with van der Waals surface area (Å²) in [6.45, 7) is 6.70. The van der Waals surface area contributed by atoms with Crippen LogP contribution in [0, 0.1) is 0 Å². The summed E-state index contributed by atoms with van der Waals surface area (Å²) >= 11 is 0. The van der Waals surface area contributed by atoms with Crippen molar-refractivity contribution >= 4 is 5.91 Å². The van der Waals surface area contributed by atoms with Gasteiger partial charge in [0.15, 0.2) is 0 Å². The van der Waals surface area contributed by atoms with E-state index >= 15 is 0 Å². The molecule has 1 aliphatic rings. The summed E-state index contributed by atoms with van der Waals surface area (Å²) in [6.07, 6.45) is 2.16. The lowest BCUT2D eigenvalue weighted by atomic mass is 10.2. The number of carbonyl (C=O) groups is 1. The Morgan fingerprint density at radius 3 is 2.83 bits per heavy atom. The van der Waals surface area contributed by atoms with E-state index in [0.717, 1.165) is 32.5 Å². The van der Waals surface area contributed by atoms with Crippen molar-refractivity contribution in [1.82, 2.24) is 10.2 Å². The molecule has 0 aromatic rings. The van der Waals surface area contributed by atoms with Gasteiger partial charge in [0.1, 0.15) is 0 Å². The van der Waals surface area contributed by atoms with Gasteiger partial charge in [-0.15, -0.1) is 0 Å². The monoisotopic (exact) mass is 170 g/mol. The third-order valence-corrected chi connectivity index (χ3v) is 2.34. The normalized spacial score (nSPS) is 22.7. The number of rotatable bonds is 3. The second-order valence-corrected chi connectivity index (χ2v) is 3.36. The Morgan fingerprint density at radius 1 is 1.67 bits per heavy atom. The molecule has 1 N–H and O–H groups in total. The molecule has 1 aliphatic heterocycles. The quantitative estimate of drug-likeness (QED) is 0.673. The Kier molecular flexibility index (Phi) is 3.53. The molecule has 3 nitrogen and oxygen atoms in total. The molecule has 0 aliphatic carbocycles. The van der Waals surface area contributed by atoms with Gasteiger partial charge in [0.25, 0.3) is 0 Å². The first-order valence-corrected chi connectivity index (χ1v) is 4.73. The molecule has 1 heterocycles. The van der Waals surface area contributed by atoms with Crippen LogP contribution in [0.25, 0.3) is 0 Å². The highest BCUT2D eigenvalue weighted by Crippen LogP contribution is 2.08. The Balaban J connectivity index is 2.45. The average Bonchev–Trinajstić information content (AvgIpc) is 2.51. The SMILES string of the molecule is CCCN(C(C)=O)C1CCNC1. The van der Waals surface area contributed by atoms with E-state index in [9.17, 15) is 4.79 Å². The van der Waals surface area contributed by atoms with Crippen LogP contribution in [0.1, 0.15) is 26.7 Å². The molecule has 1 atom stereocenters. The maximum atomic E-state index is 11.2. The lowest BCUT2D eigenvalue weighted by molar-refractivity contribution is -0.130. The molecule has 0 aromatic heterocycles. The first-order chi connectivity index (χ1) is 5.75. The van der Waals surface area contributed by atoms with Crippen molar-refractivity contribution < 1.29 is 4.79 Å². The zero-order chi connectivity index (χ0) is 8.97. The van der Waals surface area contributed by atoms with E-state index < -0.39 is 0 Å². The number of hydrogen-bond donors (Lipinski definition) is 1. The molecule has 1 fully saturated rings. The van der Waals surface area contributed by atoms with E-state index in [2.05, 4.69) is 12.2 Å². The van der Waals surface area contributed by atoms with E-state index in [1.165, 1.54) is 0 Å². The molecule has 70 valence electrons. The second-order valence-electron chi connectivity index (χ2n) is 3.36. The second kappa shape index (κ2) is 4.45. The van der Waals surface area contributed by atoms with E-state index in [1.807, 2.05) is 4.90 Å². The van der Waals surface area contributed by atoms with Crippen LogP contribution in [0.5, 0.6) is 0 Å². The molecular weight excluding hydrogens is 152 g/mol. The van der Waals surface area contributed by atoms with Crippen LogP contribution in [0.15, 0.2) is 0 Å². The zero-order valence-corrected chi connectivity index (χ0v) is 7.97. The third kappa shape index (κ3) is 2.21. The van der Waals surface area contributed by atoms with Crippen molar-refractivity contribution in [1.29, 1.82) is 0 Å². The molecular formula is C9H18N2O. The first kappa shape index (κ1) is 9.52. The molecule has 3 heteroatoms. The van der Waals surface area contributed by atoms with Crippen LogP contribution in [-0.4, -0.2) is 36.5 Å². The van der Waals surface area contributed by atoms with E-state index in [1.54, 1.807) is 6.92 Å². The van der Waals surface area contributed by atoms with E-state index in [-0.39, 0.29) is 5.91 Å². The number of amides is 1. The molecule has 12 heavy (non-hydrogen) atoms. The fraction of sp³-hybridized carbons (Fsp3) is 0.889. The maximum Gasteiger partial charge on any atom is 0.219 e. The van der Waals surface area contributed by atoms with Gasteiger partial charge in [-0.2, -0.15) is 0 Å². The first-order valence-electron chi connectivity index (χ1n) is 4.73. The lowest BCUT2D eigenvalue weighted by Crippen LogP contribution is -2.40. The van der Waals surface area contributed by atoms with E-state index in [4.69, 9.17) is 0 Å². The third-order valence-electron chi connectivity index (χ3n) is 2.34. The number of nitrogens with zero attached hydrogens (tertiary/aromatic N) is 1. The van der Waals surface area contributed by atoms with Gasteiger partial charge in [-0.05, 0) is 19.4 Å². The summed E-state index contributed by atoms with van der Waals surface area (Å²) in [5, 5.41) is 3.27. The molecule has 0 saturated carbocycles. The van der Waals surface area contributed by atoms with Gasteiger partial charge in [-0.3, -0.25) is 4.79 Å². The van der Waals surface area contributed by atoms with Crippen LogP contribution >= 0.6 is 0 Å². The molecule has 0 aromatic carbocycles. The number of nitrogens with one attached hydrogen (secondary N) is 1. The van der Waals surface area contributed by atoms with Gasteiger partial charge >= 0.3 is 0 Å². The lowest BCUT2D eigenvalue weighted by Gasteiger charge is -2.26. The van der Waals surface area contributed by atoms with Crippen LogP contribution in [0.3, 0.4) is 0 Å².